The van der Waals surface area contributed by atoms with Gasteiger partial charge < -0.3 is 9.88 Å². The maximum atomic E-state index is 11.4. The second kappa shape index (κ2) is 2.58. The van der Waals surface area contributed by atoms with Crippen molar-refractivity contribution in [2.24, 2.45) is 12.0 Å². The summed E-state index contributed by atoms with van der Waals surface area (Å²) in [6.07, 6.45) is 1.54. The van der Waals surface area contributed by atoms with Crippen molar-refractivity contribution in [1.29, 1.82) is 0 Å². The van der Waals surface area contributed by atoms with E-state index in [1.54, 1.807) is 25.0 Å². The summed E-state index contributed by atoms with van der Waals surface area (Å²) in [5.41, 5.74) is 0.430. The molecule has 0 saturated heterocycles. The molecule has 0 unspecified atom stereocenters. The smallest absolute Gasteiger partial charge is 0.300 e. The van der Waals surface area contributed by atoms with E-state index in [4.69, 9.17) is 0 Å². The highest BCUT2D eigenvalue weighted by molar-refractivity contribution is 6.10. The fraction of sp³-hybridized carbons (Fsp3) is 0.286. The van der Waals surface area contributed by atoms with Crippen molar-refractivity contribution in [3.63, 3.8) is 0 Å². The number of fused-ring (bicyclic) bond motifs is 1. The Balaban J connectivity index is 2.54. The number of aromatic nitrogens is 2. The minimum absolute atomic E-state index is 0.302. The first-order valence-electron chi connectivity index (χ1n) is 3.76. The van der Waals surface area contributed by atoms with Crippen LogP contribution in [0.3, 0.4) is 0 Å². The SMILES string of the molecule is CNC1=Nc2ncn(C)c2C(=O)[N]1. The van der Waals surface area contributed by atoms with E-state index in [-0.39, 0.29) is 5.91 Å². The lowest BCUT2D eigenvalue weighted by atomic mass is 10.3. The number of imidazole rings is 1. The molecule has 6 heteroatoms. The van der Waals surface area contributed by atoms with Crippen molar-refractivity contribution in [3.8, 4) is 0 Å². The van der Waals surface area contributed by atoms with Gasteiger partial charge in [0.25, 0.3) is 0 Å². The predicted octanol–water partition coefficient (Wildman–Crippen LogP) is -0.615. The van der Waals surface area contributed by atoms with Crippen LogP contribution in [0.5, 0.6) is 0 Å². The molecule has 0 saturated carbocycles. The summed E-state index contributed by atoms with van der Waals surface area (Å²) >= 11 is 0. The molecule has 0 bridgehead atoms. The second-order valence-corrected chi connectivity index (χ2v) is 2.63. The van der Waals surface area contributed by atoms with E-state index >= 15 is 0 Å². The van der Waals surface area contributed by atoms with Crippen molar-refractivity contribution in [3.05, 3.63) is 12.0 Å². The Bertz CT molecular complexity index is 392. The van der Waals surface area contributed by atoms with E-state index in [2.05, 4.69) is 20.6 Å². The molecule has 6 nitrogen and oxygen atoms in total. The van der Waals surface area contributed by atoms with Gasteiger partial charge in [-0.15, -0.1) is 0 Å². The molecule has 2 heterocycles. The highest BCUT2D eigenvalue weighted by Gasteiger charge is 2.24. The fourth-order valence-corrected chi connectivity index (χ4v) is 1.13. The zero-order valence-electron chi connectivity index (χ0n) is 7.27. The topological polar surface area (TPSA) is 73.4 Å². The summed E-state index contributed by atoms with van der Waals surface area (Å²) in [6.45, 7) is 0. The molecule has 1 N–H and O–H groups in total. The van der Waals surface area contributed by atoms with Gasteiger partial charge in [0, 0.05) is 14.1 Å². The van der Waals surface area contributed by atoms with Crippen LogP contribution in [0.1, 0.15) is 10.5 Å². The first-order valence-corrected chi connectivity index (χ1v) is 3.76. The van der Waals surface area contributed by atoms with Gasteiger partial charge in [0.15, 0.2) is 11.5 Å². The minimum Gasteiger partial charge on any atom is -0.357 e. The monoisotopic (exact) mass is 178 g/mol. The average molecular weight is 178 g/mol. The molecule has 0 fully saturated rings. The number of guanidine groups is 1. The summed E-state index contributed by atoms with van der Waals surface area (Å²) in [4.78, 5) is 19.4. The highest BCUT2D eigenvalue weighted by Crippen LogP contribution is 2.18. The Morgan fingerprint density at radius 1 is 1.54 bits per heavy atom. The maximum absolute atomic E-state index is 11.4. The molecular weight excluding hydrogens is 170 g/mol. The number of nitrogens with one attached hydrogen (secondary N) is 1. The zero-order valence-corrected chi connectivity index (χ0v) is 7.27. The van der Waals surface area contributed by atoms with Crippen LogP contribution in [-0.4, -0.2) is 28.5 Å². The standard InChI is InChI=1S/C7H8N5O/c1-8-7-10-5-4(6(13)11-7)12(2)3-9-5/h3H,1-2H3,(H,8,10). The molecule has 2 rings (SSSR count). The lowest BCUT2D eigenvalue weighted by molar-refractivity contribution is 0.0963. The second-order valence-electron chi connectivity index (χ2n) is 2.63. The number of carbonyl (C=O) groups excluding carboxylic acids is 1. The van der Waals surface area contributed by atoms with Crippen molar-refractivity contribution in [2.45, 2.75) is 0 Å². The lowest BCUT2D eigenvalue weighted by Crippen LogP contribution is -2.36. The Kier molecular flexibility index (Phi) is 1.54. The third kappa shape index (κ3) is 1.07. The number of rotatable bonds is 0. The quantitative estimate of drug-likeness (QED) is 0.575. The Morgan fingerprint density at radius 3 is 3.00 bits per heavy atom. The van der Waals surface area contributed by atoms with Gasteiger partial charge >= 0.3 is 5.91 Å². The van der Waals surface area contributed by atoms with Crippen LogP contribution in [-0.2, 0) is 7.05 Å². The van der Waals surface area contributed by atoms with Gasteiger partial charge in [-0.05, 0) is 0 Å². The van der Waals surface area contributed by atoms with E-state index in [0.29, 0.717) is 17.5 Å². The van der Waals surface area contributed by atoms with Crippen LogP contribution < -0.4 is 10.6 Å². The molecule has 1 amide bonds. The van der Waals surface area contributed by atoms with Crippen molar-refractivity contribution in [2.75, 3.05) is 7.05 Å². The third-order valence-corrected chi connectivity index (χ3v) is 1.76. The molecule has 1 radical (unpaired) electrons. The van der Waals surface area contributed by atoms with E-state index in [1.807, 2.05) is 0 Å². The number of hydrogen-bond donors (Lipinski definition) is 1. The number of aliphatic imine (C=N–C) groups is 1. The van der Waals surface area contributed by atoms with Crippen LogP contribution in [0.25, 0.3) is 0 Å². The molecule has 1 aliphatic heterocycles. The number of carbonyl (C=O) groups is 1. The molecule has 1 aromatic heterocycles. The van der Waals surface area contributed by atoms with Crippen LogP contribution in [0, 0.1) is 0 Å². The number of amides is 1. The minimum atomic E-state index is -0.311. The average Bonchev–Trinajstić information content (AvgIpc) is 2.48. The van der Waals surface area contributed by atoms with Crippen LogP contribution in [0.2, 0.25) is 0 Å². The Morgan fingerprint density at radius 2 is 2.31 bits per heavy atom. The molecular formula is C7H8N5O. The summed E-state index contributed by atoms with van der Waals surface area (Å²) in [5, 5.41) is 6.41. The molecule has 1 aliphatic rings. The maximum Gasteiger partial charge on any atom is 0.300 e. The van der Waals surface area contributed by atoms with Crippen molar-refractivity contribution < 1.29 is 4.79 Å². The first kappa shape index (κ1) is 7.78. The molecule has 1 aromatic rings. The molecule has 13 heavy (non-hydrogen) atoms. The number of aryl methyl sites for hydroxylation is 1. The van der Waals surface area contributed by atoms with Crippen LogP contribution >= 0.6 is 0 Å². The summed E-state index contributed by atoms with van der Waals surface area (Å²) < 4.78 is 1.61. The summed E-state index contributed by atoms with van der Waals surface area (Å²) in [7, 11) is 3.39. The fourth-order valence-electron chi connectivity index (χ4n) is 1.13. The zero-order chi connectivity index (χ0) is 9.42. The number of hydrogen-bond acceptors (Lipinski definition) is 4. The first-order chi connectivity index (χ1) is 6.22. The van der Waals surface area contributed by atoms with Gasteiger partial charge in [-0.3, -0.25) is 4.79 Å². The van der Waals surface area contributed by atoms with E-state index < -0.39 is 0 Å². The molecule has 0 spiro atoms. The molecule has 0 aliphatic carbocycles. The van der Waals surface area contributed by atoms with Crippen molar-refractivity contribution in [1.82, 2.24) is 20.2 Å². The summed E-state index contributed by atoms with van der Waals surface area (Å²) in [5.74, 6) is 0.414. The third-order valence-electron chi connectivity index (χ3n) is 1.76. The van der Waals surface area contributed by atoms with Gasteiger partial charge in [0.05, 0.1) is 6.33 Å². The van der Waals surface area contributed by atoms with Gasteiger partial charge in [-0.1, -0.05) is 0 Å². The molecule has 0 aromatic carbocycles. The number of nitrogens with zero attached hydrogens (tertiary/aromatic N) is 4. The van der Waals surface area contributed by atoms with Crippen molar-refractivity contribution >= 4 is 17.7 Å². The highest BCUT2D eigenvalue weighted by atomic mass is 16.2. The van der Waals surface area contributed by atoms with E-state index in [1.165, 1.54) is 0 Å². The summed E-state index contributed by atoms with van der Waals surface area (Å²) in [6, 6.07) is 0. The van der Waals surface area contributed by atoms with Gasteiger partial charge in [0.1, 0.15) is 0 Å². The van der Waals surface area contributed by atoms with E-state index in [9.17, 15) is 4.79 Å². The largest absolute Gasteiger partial charge is 0.357 e. The van der Waals surface area contributed by atoms with Gasteiger partial charge in [-0.2, -0.15) is 10.3 Å². The lowest BCUT2D eigenvalue weighted by Gasteiger charge is -2.09. The van der Waals surface area contributed by atoms with Gasteiger partial charge in [0.2, 0.25) is 5.96 Å². The molecule has 0 atom stereocenters. The van der Waals surface area contributed by atoms with Gasteiger partial charge in [-0.25, -0.2) is 4.98 Å². The predicted molar refractivity (Wildman–Crippen MR) is 45.8 cm³/mol. The molecule has 67 valence electrons. The Hall–Kier alpha value is -1.85. The van der Waals surface area contributed by atoms with Crippen LogP contribution in [0.4, 0.5) is 5.82 Å². The Labute approximate surface area is 74.7 Å². The van der Waals surface area contributed by atoms with E-state index in [0.717, 1.165) is 0 Å². The van der Waals surface area contributed by atoms with Crippen LogP contribution in [0.15, 0.2) is 11.3 Å². The normalized spacial score (nSPS) is 14.6.